The second kappa shape index (κ2) is 9.07. The summed E-state index contributed by atoms with van der Waals surface area (Å²) in [7, 11) is 0. The lowest BCUT2D eigenvalue weighted by Gasteiger charge is -2.16. The van der Waals surface area contributed by atoms with E-state index in [9.17, 15) is 14.4 Å². The largest absolute Gasteiger partial charge is 0.481 e. The number of allylic oxidation sites excluding steroid dienone is 2. The number of aromatic nitrogens is 3. The number of benzene rings is 2. The Bertz CT molecular complexity index is 1390. The van der Waals surface area contributed by atoms with Gasteiger partial charge in [0, 0.05) is 17.3 Å². The van der Waals surface area contributed by atoms with Crippen LogP contribution in [0, 0.1) is 0 Å². The zero-order valence-corrected chi connectivity index (χ0v) is 19.0. The van der Waals surface area contributed by atoms with Crippen LogP contribution in [0.25, 0.3) is 5.57 Å². The molecule has 0 amide bonds. The van der Waals surface area contributed by atoms with Crippen LogP contribution in [0.1, 0.15) is 37.0 Å². The minimum absolute atomic E-state index is 0.0860. The standard InChI is InChI=1S/C24H23ClN4O4/c1-14-11-17-5-8-19(12-20(17)15(14)2)26-22-27-23(32)28(10-9-21(30)31)24(33)29(22)13-16-3-6-18(25)7-4-16/h3-8,12H,9-11,13H2,1-2H3,(H,30,31)(H,26,27,32). The Morgan fingerprint density at radius 3 is 2.55 bits per heavy atom. The highest BCUT2D eigenvalue weighted by atomic mass is 35.5. The number of carbonyl (C=O) groups is 1. The second-order valence-electron chi connectivity index (χ2n) is 8.09. The molecular weight excluding hydrogens is 444 g/mol. The lowest BCUT2D eigenvalue weighted by molar-refractivity contribution is -0.137. The predicted octanol–water partition coefficient (Wildman–Crippen LogP) is 3.67. The van der Waals surface area contributed by atoms with Gasteiger partial charge in [-0.1, -0.05) is 35.4 Å². The van der Waals surface area contributed by atoms with Crippen LogP contribution in [-0.2, 0) is 24.3 Å². The highest BCUT2D eigenvalue weighted by Crippen LogP contribution is 2.34. The van der Waals surface area contributed by atoms with Crippen molar-refractivity contribution >= 4 is 34.8 Å². The molecule has 8 nitrogen and oxygen atoms in total. The molecule has 0 saturated carbocycles. The highest BCUT2D eigenvalue weighted by Gasteiger charge is 2.18. The Morgan fingerprint density at radius 1 is 1.12 bits per heavy atom. The first-order valence-corrected chi connectivity index (χ1v) is 10.9. The van der Waals surface area contributed by atoms with Crippen LogP contribution in [0.5, 0.6) is 0 Å². The molecule has 4 rings (SSSR count). The van der Waals surface area contributed by atoms with E-state index in [1.807, 2.05) is 18.2 Å². The molecule has 170 valence electrons. The first-order valence-electron chi connectivity index (χ1n) is 10.5. The van der Waals surface area contributed by atoms with Crippen molar-refractivity contribution in [2.24, 2.45) is 0 Å². The molecule has 9 heteroatoms. The molecule has 0 atom stereocenters. The average molecular weight is 467 g/mol. The summed E-state index contributed by atoms with van der Waals surface area (Å²) in [6.07, 6.45) is 0.543. The van der Waals surface area contributed by atoms with Gasteiger partial charge in [-0.15, -0.1) is 0 Å². The monoisotopic (exact) mass is 466 g/mol. The zero-order valence-electron chi connectivity index (χ0n) is 18.3. The Hall–Kier alpha value is -3.65. The van der Waals surface area contributed by atoms with Gasteiger partial charge in [-0.05, 0) is 66.8 Å². The molecule has 1 aromatic heterocycles. The fourth-order valence-corrected chi connectivity index (χ4v) is 4.00. The highest BCUT2D eigenvalue weighted by molar-refractivity contribution is 6.30. The molecule has 0 fully saturated rings. The molecular formula is C24H23ClN4O4. The number of rotatable bonds is 7. The maximum atomic E-state index is 13.2. The average Bonchev–Trinajstić information content (AvgIpc) is 3.05. The van der Waals surface area contributed by atoms with Crippen molar-refractivity contribution in [3.8, 4) is 0 Å². The quantitative estimate of drug-likeness (QED) is 0.550. The molecule has 1 aliphatic carbocycles. The maximum absolute atomic E-state index is 13.2. The summed E-state index contributed by atoms with van der Waals surface area (Å²) < 4.78 is 2.17. The number of carboxylic acid groups (broad SMARTS) is 1. The smallest absolute Gasteiger partial charge is 0.354 e. The number of carboxylic acids is 1. The van der Waals surface area contributed by atoms with E-state index in [-0.39, 0.29) is 25.5 Å². The zero-order chi connectivity index (χ0) is 23.7. The fourth-order valence-electron chi connectivity index (χ4n) is 3.87. The molecule has 0 bridgehead atoms. The molecule has 2 aromatic carbocycles. The van der Waals surface area contributed by atoms with Gasteiger partial charge in [0.1, 0.15) is 0 Å². The van der Waals surface area contributed by atoms with Gasteiger partial charge in [-0.25, -0.2) is 14.2 Å². The summed E-state index contributed by atoms with van der Waals surface area (Å²) in [5, 5.41) is 12.7. The summed E-state index contributed by atoms with van der Waals surface area (Å²) in [4.78, 5) is 40.8. The first-order chi connectivity index (χ1) is 15.7. The van der Waals surface area contributed by atoms with E-state index >= 15 is 0 Å². The number of nitrogens with zero attached hydrogens (tertiary/aromatic N) is 3. The summed E-state index contributed by atoms with van der Waals surface area (Å²) in [6.45, 7) is 4.04. The number of hydrogen-bond acceptors (Lipinski definition) is 5. The second-order valence-corrected chi connectivity index (χ2v) is 8.52. The third kappa shape index (κ3) is 4.75. The SMILES string of the molecule is CC1=C(C)c2cc(Nc3nc(=O)n(CCC(=O)O)c(=O)n3Cc3ccc(Cl)cc3)ccc2C1. The minimum Gasteiger partial charge on any atom is -0.481 e. The topological polar surface area (TPSA) is 106 Å². The molecule has 2 N–H and O–H groups in total. The molecule has 0 saturated heterocycles. The van der Waals surface area contributed by atoms with Crippen LogP contribution in [-0.4, -0.2) is 25.2 Å². The number of halogens is 1. The van der Waals surface area contributed by atoms with E-state index in [1.54, 1.807) is 24.3 Å². The van der Waals surface area contributed by atoms with E-state index in [0.29, 0.717) is 10.7 Å². The van der Waals surface area contributed by atoms with Crippen LogP contribution in [0.2, 0.25) is 5.02 Å². The van der Waals surface area contributed by atoms with E-state index in [1.165, 1.54) is 21.3 Å². The summed E-state index contributed by atoms with van der Waals surface area (Å²) >= 11 is 5.97. The van der Waals surface area contributed by atoms with Gasteiger partial charge in [0.05, 0.1) is 13.0 Å². The van der Waals surface area contributed by atoms with Crippen molar-refractivity contribution < 1.29 is 9.90 Å². The molecule has 33 heavy (non-hydrogen) atoms. The summed E-state index contributed by atoms with van der Waals surface area (Å²) in [5.41, 5.74) is 4.90. The molecule has 3 aromatic rings. The third-order valence-corrected chi connectivity index (χ3v) is 6.07. The van der Waals surface area contributed by atoms with E-state index in [4.69, 9.17) is 16.7 Å². The Labute approximate surface area is 194 Å². The van der Waals surface area contributed by atoms with Crippen molar-refractivity contribution in [1.29, 1.82) is 0 Å². The molecule has 0 aliphatic heterocycles. The summed E-state index contributed by atoms with van der Waals surface area (Å²) in [6, 6.07) is 12.9. The third-order valence-electron chi connectivity index (χ3n) is 5.82. The molecule has 0 spiro atoms. The van der Waals surface area contributed by atoms with Gasteiger partial charge in [-0.3, -0.25) is 9.36 Å². The number of aliphatic carboxylic acids is 1. The van der Waals surface area contributed by atoms with Gasteiger partial charge < -0.3 is 10.4 Å². The van der Waals surface area contributed by atoms with Crippen LogP contribution in [0.3, 0.4) is 0 Å². The van der Waals surface area contributed by atoms with Crippen molar-refractivity contribution in [2.45, 2.75) is 39.8 Å². The van der Waals surface area contributed by atoms with Crippen molar-refractivity contribution in [3.05, 3.63) is 90.7 Å². The minimum atomic E-state index is -1.11. The molecule has 0 unspecified atom stereocenters. The van der Waals surface area contributed by atoms with Crippen LogP contribution >= 0.6 is 11.6 Å². The van der Waals surface area contributed by atoms with Gasteiger partial charge in [0.25, 0.3) is 0 Å². The lowest BCUT2D eigenvalue weighted by atomic mass is 10.1. The summed E-state index contributed by atoms with van der Waals surface area (Å²) in [5.74, 6) is -1.02. The van der Waals surface area contributed by atoms with Crippen LogP contribution in [0.15, 0.2) is 57.6 Å². The lowest BCUT2D eigenvalue weighted by Crippen LogP contribution is -2.43. The molecule has 0 radical (unpaired) electrons. The maximum Gasteiger partial charge on any atom is 0.354 e. The van der Waals surface area contributed by atoms with Crippen LogP contribution < -0.4 is 16.7 Å². The van der Waals surface area contributed by atoms with E-state index < -0.39 is 17.3 Å². The van der Waals surface area contributed by atoms with E-state index in [0.717, 1.165) is 22.1 Å². The normalized spacial score (nSPS) is 12.7. The number of nitrogens with one attached hydrogen (secondary N) is 1. The van der Waals surface area contributed by atoms with E-state index in [2.05, 4.69) is 24.1 Å². The Kier molecular flexibility index (Phi) is 6.20. The van der Waals surface area contributed by atoms with Crippen LogP contribution in [0.4, 0.5) is 11.6 Å². The van der Waals surface area contributed by atoms with Gasteiger partial charge in [-0.2, -0.15) is 4.98 Å². The van der Waals surface area contributed by atoms with Crippen molar-refractivity contribution in [3.63, 3.8) is 0 Å². The molecule has 1 aliphatic rings. The van der Waals surface area contributed by atoms with Crippen molar-refractivity contribution in [2.75, 3.05) is 5.32 Å². The predicted molar refractivity (Wildman–Crippen MR) is 127 cm³/mol. The van der Waals surface area contributed by atoms with Gasteiger partial charge in [0.2, 0.25) is 5.95 Å². The Balaban J connectivity index is 1.76. The molecule has 1 heterocycles. The van der Waals surface area contributed by atoms with Gasteiger partial charge >= 0.3 is 17.3 Å². The van der Waals surface area contributed by atoms with Gasteiger partial charge in [0.15, 0.2) is 0 Å². The number of hydrogen-bond donors (Lipinski definition) is 2. The van der Waals surface area contributed by atoms with Crippen molar-refractivity contribution in [1.82, 2.24) is 14.1 Å². The first kappa shape index (κ1) is 22.5. The fraction of sp³-hybridized carbons (Fsp3) is 0.250. The number of anilines is 2. The Morgan fingerprint density at radius 2 is 1.85 bits per heavy atom. The number of fused-ring (bicyclic) bond motifs is 1.